The second-order valence-corrected chi connectivity index (χ2v) is 4.69. The van der Waals surface area contributed by atoms with Crippen molar-refractivity contribution in [3.63, 3.8) is 0 Å². The van der Waals surface area contributed by atoms with Gasteiger partial charge >= 0.3 is 0 Å². The molecule has 1 aromatic carbocycles. The van der Waals surface area contributed by atoms with E-state index in [2.05, 4.69) is 0 Å². The number of rotatable bonds is 3. The van der Waals surface area contributed by atoms with Crippen molar-refractivity contribution in [2.45, 2.75) is 18.9 Å². The molecular formula is C14H20ClN3O2. The highest BCUT2D eigenvalue weighted by Crippen LogP contribution is 2.22. The fourth-order valence-electron chi connectivity index (χ4n) is 2.40. The number of amides is 2. The van der Waals surface area contributed by atoms with Crippen LogP contribution in [0.25, 0.3) is 0 Å². The first-order valence-corrected chi connectivity index (χ1v) is 6.47. The van der Waals surface area contributed by atoms with E-state index in [0.29, 0.717) is 13.0 Å². The summed E-state index contributed by atoms with van der Waals surface area (Å²) >= 11 is 0. The molecule has 1 aliphatic rings. The van der Waals surface area contributed by atoms with Crippen LogP contribution in [0.2, 0.25) is 0 Å². The summed E-state index contributed by atoms with van der Waals surface area (Å²) in [6, 6.07) is 9.14. The number of anilines is 1. The maximum atomic E-state index is 12.5. The Morgan fingerprint density at radius 1 is 1.40 bits per heavy atom. The molecule has 1 saturated heterocycles. The molecule has 20 heavy (non-hydrogen) atoms. The Bertz CT molecular complexity index is 467. The third kappa shape index (κ3) is 3.29. The fraction of sp³-hybridized carbons (Fsp3) is 0.429. The van der Waals surface area contributed by atoms with Crippen LogP contribution in [0.15, 0.2) is 30.3 Å². The van der Waals surface area contributed by atoms with Crippen molar-refractivity contribution >= 4 is 29.9 Å². The molecule has 1 atom stereocenters. The Balaban J connectivity index is 0.00000200. The Morgan fingerprint density at radius 2 is 2.05 bits per heavy atom. The molecule has 0 spiro atoms. The topological polar surface area (TPSA) is 66.6 Å². The zero-order chi connectivity index (χ0) is 13.8. The minimum absolute atomic E-state index is 0. The van der Waals surface area contributed by atoms with Crippen LogP contribution in [0.5, 0.6) is 0 Å². The lowest BCUT2D eigenvalue weighted by atomic mass is 10.0. The maximum absolute atomic E-state index is 12.5. The van der Waals surface area contributed by atoms with E-state index < -0.39 is 6.04 Å². The fourth-order valence-corrected chi connectivity index (χ4v) is 2.40. The van der Waals surface area contributed by atoms with Gasteiger partial charge < -0.3 is 15.5 Å². The second kappa shape index (κ2) is 7.26. The first-order valence-electron chi connectivity index (χ1n) is 6.47. The number of hydrogen-bond acceptors (Lipinski definition) is 3. The number of carbonyl (C=O) groups is 2. The lowest BCUT2D eigenvalue weighted by molar-refractivity contribution is -0.137. The predicted molar refractivity (Wildman–Crippen MR) is 80.9 cm³/mol. The first kappa shape index (κ1) is 16.5. The molecule has 0 aromatic heterocycles. The number of nitrogens with two attached hydrogens (primary N) is 1. The highest BCUT2D eigenvalue weighted by atomic mass is 35.5. The molecule has 1 heterocycles. The Kier molecular flexibility index (Phi) is 5.98. The normalized spacial score (nSPS) is 18.4. The van der Waals surface area contributed by atoms with Crippen LogP contribution < -0.4 is 10.6 Å². The Labute approximate surface area is 125 Å². The number of likely N-dealkylation sites (N-methyl/N-ethyl adjacent to an activating group) is 1. The Hall–Kier alpha value is -1.59. The molecule has 1 aliphatic heterocycles. The number of benzene rings is 1. The molecule has 6 heteroatoms. The van der Waals surface area contributed by atoms with Crippen molar-refractivity contribution in [3.8, 4) is 0 Å². The molecule has 2 N–H and O–H groups in total. The van der Waals surface area contributed by atoms with Gasteiger partial charge in [-0.3, -0.25) is 9.59 Å². The van der Waals surface area contributed by atoms with Gasteiger partial charge in [-0.15, -0.1) is 12.4 Å². The number of carbonyl (C=O) groups excluding carboxylic acids is 2. The quantitative estimate of drug-likeness (QED) is 0.906. The van der Waals surface area contributed by atoms with Gasteiger partial charge in [0.05, 0.1) is 6.54 Å². The van der Waals surface area contributed by atoms with Crippen molar-refractivity contribution in [1.82, 2.24) is 4.90 Å². The summed E-state index contributed by atoms with van der Waals surface area (Å²) in [6.45, 7) is 0.635. The van der Waals surface area contributed by atoms with Gasteiger partial charge in [-0.2, -0.15) is 0 Å². The maximum Gasteiger partial charge on any atom is 0.249 e. The van der Waals surface area contributed by atoms with Crippen molar-refractivity contribution in [1.29, 1.82) is 0 Å². The molecule has 1 fully saturated rings. The van der Waals surface area contributed by atoms with Gasteiger partial charge in [-0.1, -0.05) is 18.2 Å². The van der Waals surface area contributed by atoms with Crippen LogP contribution in [-0.2, 0) is 9.59 Å². The number of nitrogens with zero attached hydrogens (tertiary/aromatic N) is 2. The Morgan fingerprint density at radius 3 is 2.65 bits per heavy atom. The van der Waals surface area contributed by atoms with Crippen LogP contribution in [0.3, 0.4) is 0 Å². The molecule has 2 rings (SSSR count). The predicted octanol–water partition coefficient (Wildman–Crippen LogP) is 1.02. The SMILES string of the molecule is CN(C(=O)CN)C1CCCN(c2ccccc2)C1=O.Cl. The van der Waals surface area contributed by atoms with E-state index in [0.717, 1.165) is 12.1 Å². The molecule has 0 bridgehead atoms. The molecule has 2 amide bonds. The van der Waals surface area contributed by atoms with Gasteiger partial charge in [-0.25, -0.2) is 0 Å². The molecule has 0 saturated carbocycles. The van der Waals surface area contributed by atoms with Crippen LogP contribution in [0.1, 0.15) is 12.8 Å². The van der Waals surface area contributed by atoms with Gasteiger partial charge in [0.1, 0.15) is 6.04 Å². The van der Waals surface area contributed by atoms with Crippen molar-refractivity contribution in [2.24, 2.45) is 5.73 Å². The van der Waals surface area contributed by atoms with Crippen LogP contribution >= 0.6 is 12.4 Å². The third-order valence-corrected chi connectivity index (χ3v) is 3.51. The minimum atomic E-state index is -0.398. The summed E-state index contributed by atoms with van der Waals surface area (Å²) in [5.74, 6) is -0.227. The van der Waals surface area contributed by atoms with E-state index in [4.69, 9.17) is 5.73 Å². The summed E-state index contributed by atoms with van der Waals surface area (Å²) < 4.78 is 0. The standard InChI is InChI=1S/C14H19N3O2.ClH/c1-16(13(18)10-15)12-8-5-9-17(14(12)19)11-6-3-2-4-7-11;/h2-4,6-7,12H,5,8-10,15H2,1H3;1H. The largest absolute Gasteiger partial charge is 0.333 e. The van der Waals surface area contributed by atoms with E-state index in [1.54, 1.807) is 11.9 Å². The van der Waals surface area contributed by atoms with Crippen molar-refractivity contribution in [2.75, 3.05) is 25.0 Å². The second-order valence-electron chi connectivity index (χ2n) is 4.69. The number of piperidine rings is 1. The summed E-state index contributed by atoms with van der Waals surface area (Å²) in [5, 5.41) is 0. The zero-order valence-electron chi connectivity index (χ0n) is 11.5. The number of halogens is 1. The van der Waals surface area contributed by atoms with Gasteiger partial charge in [0.15, 0.2) is 0 Å². The van der Waals surface area contributed by atoms with Gasteiger partial charge in [-0.05, 0) is 25.0 Å². The molecule has 5 nitrogen and oxygen atoms in total. The molecular weight excluding hydrogens is 278 g/mol. The highest BCUT2D eigenvalue weighted by molar-refractivity contribution is 5.99. The smallest absolute Gasteiger partial charge is 0.249 e. The minimum Gasteiger partial charge on any atom is -0.333 e. The average molecular weight is 298 g/mol. The summed E-state index contributed by atoms with van der Waals surface area (Å²) in [4.78, 5) is 27.3. The molecule has 110 valence electrons. The van der Waals surface area contributed by atoms with E-state index >= 15 is 0 Å². The monoisotopic (exact) mass is 297 g/mol. The van der Waals surface area contributed by atoms with E-state index in [1.807, 2.05) is 30.3 Å². The first-order chi connectivity index (χ1) is 9.15. The van der Waals surface area contributed by atoms with Crippen molar-refractivity contribution < 1.29 is 9.59 Å². The van der Waals surface area contributed by atoms with Crippen LogP contribution in [0.4, 0.5) is 5.69 Å². The molecule has 1 unspecified atom stereocenters. The van der Waals surface area contributed by atoms with Gasteiger partial charge in [0, 0.05) is 19.3 Å². The summed E-state index contributed by atoms with van der Waals surface area (Å²) in [7, 11) is 1.65. The van der Waals surface area contributed by atoms with Gasteiger partial charge in [0.2, 0.25) is 11.8 Å². The highest BCUT2D eigenvalue weighted by Gasteiger charge is 2.33. The van der Waals surface area contributed by atoms with Gasteiger partial charge in [0.25, 0.3) is 0 Å². The number of para-hydroxylation sites is 1. The average Bonchev–Trinajstić information content (AvgIpc) is 2.47. The summed E-state index contributed by atoms with van der Waals surface area (Å²) in [6.07, 6.45) is 1.58. The zero-order valence-corrected chi connectivity index (χ0v) is 12.3. The molecule has 0 aliphatic carbocycles. The lowest BCUT2D eigenvalue weighted by Gasteiger charge is -2.36. The molecule has 1 aromatic rings. The van der Waals surface area contributed by atoms with Crippen LogP contribution in [-0.4, -0.2) is 42.9 Å². The third-order valence-electron chi connectivity index (χ3n) is 3.51. The van der Waals surface area contributed by atoms with Crippen LogP contribution in [0, 0.1) is 0 Å². The lowest BCUT2D eigenvalue weighted by Crippen LogP contribution is -2.54. The van der Waals surface area contributed by atoms with E-state index in [9.17, 15) is 9.59 Å². The number of hydrogen-bond donors (Lipinski definition) is 1. The van der Waals surface area contributed by atoms with E-state index in [-0.39, 0.29) is 30.8 Å². The van der Waals surface area contributed by atoms with Crippen molar-refractivity contribution in [3.05, 3.63) is 30.3 Å². The molecule has 0 radical (unpaired) electrons. The van der Waals surface area contributed by atoms with E-state index in [1.165, 1.54) is 4.90 Å². The summed E-state index contributed by atoms with van der Waals surface area (Å²) in [5.41, 5.74) is 6.24.